The van der Waals surface area contributed by atoms with Crippen LogP contribution in [0.25, 0.3) is 0 Å². The van der Waals surface area contributed by atoms with Crippen LogP contribution in [-0.2, 0) is 25.5 Å². The number of halogens is 3. The summed E-state index contributed by atoms with van der Waals surface area (Å²) in [6, 6.07) is 15.6. The number of rotatable bonds is 10. The van der Waals surface area contributed by atoms with E-state index in [0.29, 0.717) is 29.2 Å². The molecule has 1 amide bonds. The van der Waals surface area contributed by atoms with Gasteiger partial charge in [0, 0.05) is 5.56 Å². The molecule has 1 fully saturated rings. The number of carbonyl (C=O) groups excluding carboxylic acids is 2. The average molecular weight is 633 g/mol. The minimum atomic E-state index is -4.55. The lowest BCUT2D eigenvalue weighted by molar-refractivity contribution is -0.137. The SMILES string of the molecule is COC(=O)c1ccc(Oc2cnc(NC(=O)C(Oc3ccc(C(F)(F)F)cc3)c3ccc(S(=O)(=O)C4CC4)cc3)s2)cc1. The molecule has 9 nitrogen and oxygen atoms in total. The van der Waals surface area contributed by atoms with Crippen LogP contribution in [0, 0.1) is 0 Å². The summed E-state index contributed by atoms with van der Waals surface area (Å²) < 4.78 is 80.5. The van der Waals surface area contributed by atoms with Crippen molar-refractivity contribution in [3.8, 4) is 16.6 Å². The van der Waals surface area contributed by atoms with Gasteiger partial charge in [-0.15, -0.1) is 0 Å². The molecule has 0 radical (unpaired) electrons. The number of ether oxygens (including phenoxy) is 3. The van der Waals surface area contributed by atoms with Crippen LogP contribution >= 0.6 is 11.3 Å². The molecular formula is C29H23F3N2O7S2. The Labute approximate surface area is 248 Å². The van der Waals surface area contributed by atoms with Gasteiger partial charge in [0.2, 0.25) is 11.2 Å². The lowest BCUT2D eigenvalue weighted by Crippen LogP contribution is -2.25. The van der Waals surface area contributed by atoms with Crippen LogP contribution in [0.3, 0.4) is 0 Å². The highest BCUT2D eigenvalue weighted by molar-refractivity contribution is 7.92. The molecule has 0 aliphatic heterocycles. The smallest absolute Gasteiger partial charge is 0.416 e. The molecule has 3 aromatic carbocycles. The maximum absolute atomic E-state index is 13.4. The number of hydrogen-bond acceptors (Lipinski definition) is 9. The summed E-state index contributed by atoms with van der Waals surface area (Å²) in [7, 11) is -2.21. The first-order valence-corrected chi connectivity index (χ1v) is 15.1. The van der Waals surface area contributed by atoms with Gasteiger partial charge in [-0.25, -0.2) is 18.2 Å². The van der Waals surface area contributed by atoms with E-state index in [9.17, 15) is 31.2 Å². The maximum Gasteiger partial charge on any atom is 0.416 e. The molecule has 0 spiro atoms. The monoisotopic (exact) mass is 632 g/mol. The molecular weight excluding hydrogens is 609 g/mol. The fraction of sp³-hybridized carbons (Fsp3) is 0.207. The summed E-state index contributed by atoms with van der Waals surface area (Å²) in [4.78, 5) is 29.2. The fourth-order valence-corrected chi connectivity index (χ4v) is 6.31. The van der Waals surface area contributed by atoms with E-state index in [0.717, 1.165) is 35.6 Å². The fourth-order valence-electron chi connectivity index (χ4n) is 3.96. The third-order valence-electron chi connectivity index (χ3n) is 6.36. The molecule has 224 valence electrons. The summed E-state index contributed by atoms with van der Waals surface area (Å²) in [6.07, 6.45) is -3.37. The van der Waals surface area contributed by atoms with Gasteiger partial charge in [0.25, 0.3) is 5.91 Å². The number of esters is 1. The van der Waals surface area contributed by atoms with E-state index in [1.807, 2.05) is 0 Å². The summed E-state index contributed by atoms with van der Waals surface area (Å²) in [5.74, 6) is -0.817. The number of thiazole rings is 1. The van der Waals surface area contributed by atoms with Gasteiger partial charge in [-0.3, -0.25) is 10.1 Å². The largest absolute Gasteiger partial charge is 0.476 e. The Balaban J connectivity index is 1.34. The van der Waals surface area contributed by atoms with Crippen LogP contribution in [0.1, 0.15) is 40.4 Å². The van der Waals surface area contributed by atoms with Gasteiger partial charge in [-0.2, -0.15) is 13.2 Å². The standard InChI is InChI=1S/C29H23F3N2O7S2/c1-39-27(36)18-2-8-20(9-3-18)40-24-16-33-28(42-24)34-26(35)25(41-21-10-6-19(7-11-21)29(30,31)32)17-4-12-22(13-5-17)43(37,38)23-14-15-23/h2-13,16,23,25H,14-15H2,1H3,(H,33,34,35). The average Bonchev–Trinajstić information content (AvgIpc) is 3.77. The lowest BCUT2D eigenvalue weighted by Gasteiger charge is -2.19. The first kappa shape index (κ1) is 30.0. The second kappa shape index (κ2) is 12.1. The number of methoxy groups -OCH3 is 1. The zero-order valence-electron chi connectivity index (χ0n) is 22.3. The number of aromatic nitrogens is 1. The molecule has 5 rings (SSSR count). The van der Waals surface area contributed by atoms with Crippen LogP contribution < -0.4 is 14.8 Å². The summed E-state index contributed by atoms with van der Waals surface area (Å²) in [5.41, 5.74) is -0.277. The van der Waals surface area contributed by atoms with Crippen molar-refractivity contribution in [1.29, 1.82) is 0 Å². The lowest BCUT2D eigenvalue weighted by atomic mass is 10.1. The number of carbonyl (C=O) groups is 2. The molecule has 1 aromatic heterocycles. The van der Waals surface area contributed by atoms with Crippen LogP contribution in [-0.4, -0.2) is 37.6 Å². The first-order chi connectivity index (χ1) is 20.4. The van der Waals surface area contributed by atoms with Crippen molar-refractivity contribution in [3.05, 3.63) is 95.7 Å². The maximum atomic E-state index is 13.4. The van der Waals surface area contributed by atoms with Gasteiger partial charge in [0.15, 0.2) is 15.0 Å². The van der Waals surface area contributed by atoms with Crippen molar-refractivity contribution in [1.82, 2.24) is 4.98 Å². The number of nitrogens with one attached hydrogen (secondary N) is 1. The minimum absolute atomic E-state index is 0.0126. The Morgan fingerprint density at radius 1 is 0.953 bits per heavy atom. The predicted octanol–water partition coefficient (Wildman–Crippen LogP) is 6.44. The number of amides is 1. The molecule has 1 aliphatic carbocycles. The predicted molar refractivity (Wildman–Crippen MR) is 150 cm³/mol. The second-order valence-electron chi connectivity index (χ2n) is 9.43. The Bertz CT molecular complexity index is 1720. The van der Waals surface area contributed by atoms with E-state index in [1.54, 1.807) is 12.1 Å². The van der Waals surface area contributed by atoms with Gasteiger partial charge in [-0.1, -0.05) is 23.5 Å². The van der Waals surface area contributed by atoms with E-state index >= 15 is 0 Å². The van der Waals surface area contributed by atoms with E-state index in [4.69, 9.17) is 9.47 Å². The van der Waals surface area contributed by atoms with Crippen molar-refractivity contribution in [2.24, 2.45) is 0 Å². The molecule has 4 aromatic rings. The Morgan fingerprint density at radius 3 is 2.16 bits per heavy atom. The van der Waals surface area contributed by atoms with E-state index in [2.05, 4.69) is 15.0 Å². The molecule has 1 heterocycles. The van der Waals surface area contributed by atoms with E-state index in [-0.39, 0.29) is 21.3 Å². The number of benzene rings is 3. The Kier molecular flexibility index (Phi) is 8.42. The third-order valence-corrected chi connectivity index (χ3v) is 9.43. The van der Waals surface area contributed by atoms with Crippen molar-refractivity contribution in [2.75, 3.05) is 12.4 Å². The molecule has 1 atom stereocenters. The molecule has 1 N–H and O–H groups in total. The highest BCUT2D eigenvalue weighted by Crippen LogP contribution is 2.36. The quantitative estimate of drug-likeness (QED) is 0.199. The molecule has 1 aliphatic rings. The Hall–Kier alpha value is -4.43. The first-order valence-electron chi connectivity index (χ1n) is 12.7. The number of alkyl halides is 3. The molecule has 0 saturated heterocycles. The normalized spacial score (nSPS) is 14.0. The molecule has 1 saturated carbocycles. The molecule has 1 unspecified atom stereocenters. The van der Waals surface area contributed by atoms with Gasteiger partial charge in [0.05, 0.1) is 34.6 Å². The van der Waals surface area contributed by atoms with Gasteiger partial charge < -0.3 is 14.2 Å². The van der Waals surface area contributed by atoms with Crippen LogP contribution in [0.15, 0.2) is 83.9 Å². The number of sulfone groups is 1. The summed E-state index contributed by atoms with van der Waals surface area (Å²) in [6.45, 7) is 0. The molecule has 14 heteroatoms. The van der Waals surface area contributed by atoms with Crippen molar-refractivity contribution in [2.45, 2.75) is 35.3 Å². The third kappa shape index (κ3) is 7.14. The molecule has 0 bridgehead atoms. The van der Waals surface area contributed by atoms with Crippen molar-refractivity contribution in [3.63, 3.8) is 0 Å². The van der Waals surface area contributed by atoms with Gasteiger partial charge in [-0.05, 0) is 73.5 Å². The zero-order valence-corrected chi connectivity index (χ0v) is 24.0. The Morgan fingerprint density at radius 2 is 1.58 bits per heavy atom. The summed E-state index contributed by atoms with van der Waals surface area (Å²) in [5, 5.41) is 2.64. The number of nitrogens with zero attached hydrogens (tertiary/aromatic N) is 1. The highest BCUT2D eigenvalue weighted by Gasteiger charge is 2.37. The van der Waals surface area contributed by atoms with E-state index < -0.39 is 44.8 Å². The molecule has 43 heavy (non-hydrogen) atoms. The topological polar surface area (TPSA) is 121 Å². The van der Waals surface area contributed by atoms with Crippen LogP contribution in [0.2, 0.25) is 0 Å². The highest BCUT2D eigenvalue weighted by atomic mass is 32.2. The van der Waals surface area contributed by atoms with Gasteiger partial charge in [0.1, 0.15) is 11.5 Å². The summed E-state index contributed by atoms with van der Waals surface area (Å²) >= 11 is 0.994. The van der Waals surface area contributed by atoms with Crippen LogP contribution in [0.4, 0.5) is 18.3 Å². The van der Waals surface area contributed by atoms with Crippen molar-refractivity contribution < 1.29 is 45.4 Å². The zero-order chi connectivity index (χ0) is 30.8. The van der Waals surface area contributed by atoms with Crippen molar-refractivity contribution >= 4 is 38.2 Å². The number of hydrogen-bond donors (Lipinski definition) is 1. The second-order valence-corrected chi connectivity index (χ2v) is 12.6. The van der Waals surface area contributed by atoms with Crippen LogP contribution in [0.5, 0.6) is 16.6 Å². The number of anilines is 1. The van der Waals surface area contributed by atoms with E-state index in [1.165, 1.54) is 49.7 Å². The van der Waals surface area contributed by atoms with Gasteiger partial charge >= 0.3 is 12.1 Å². The minimum Gasteiger partial charge on any atom is -0.476 e.